The number of carbonyl (C=O) groups is 1. The molecule has 0 aromatic rings. The molecule has 0 aliphatic carbocycles. The van der Waals surface area contributed by atoms with Gasteiger partial charge in [-0.3, -0.25) is 4.90 Å². The van der Waals surface area contributed by atoms with Crippen molar-refractivity contribution in [1.82, 2.24) is 4.90 Å². The van der Waals surface area contributed by atoms with Crippen LogP contribution in [0.25, 0.3) is 0 Å². The molecule has 9 heavy (non-hydrogen) atoms. The molecule has 0 saturated carbocycles. The minimum absolute atomic E-state index is 1.02. The molecule has 1 atom stereocenters. The molecule has 54 valence electrons. The Balaban J connectivity index is 4.19. The lowest BCUT2D eigenvalue weighted by atomic mass is 10.2. The van der Waals surface area contributed by atoms with Crippen molar-refractivity contribution in [3.63, 3.8) is 0 Å². The number of rotatable bonds is 2. The van der Waals surface area contributed by atoms with Crippen LogP contribution >= 0.6 is 0 Å². The van der Waals surface area contributed by atoms with E-state index in [1.807, 2.05) is 0 Å². The molecule has 0 bridgehead atoms. The number of aliphatic carboxylic acids is 1. The third-order valence-corrected chi connectivity index (χ3v) is 1.36. The summed E-state index contributed by atoms with van der Waals surface area (Å²) in [6, 6.07) is 0. The minimum atomic E-state index is -1.25. The average Bonchev–Trinajstić information content (AvgIpc) is 1.65. The normalized spacial score (nSPS) is 17.4. The highest BCUT2D eigenvalue weighted by Crippen LogP contribution is 2.00. The summed E-state index contributed by atoms with van der Waals surface area (Å²) in [6.07, 6.45) is 0. The quantitative estimate of drug-likeness (QED) is 0.488. The molecular weight excluding hydrogens is 120 g/mol. The largest absolute Gasteiger partial charge is 0.479 e. The van der Waals surface area contributed by atoms with Crippen molar-refractivity contribution in [2.24, 2.45) is 5.73 Å². The Kier molecular flexibility index (Phi) is 2.17. The van der Waals surface area contributed by atoms with Crippen molar-refractivity contribution in [2.75, 3.05) is 14.1 Å². The Hall–Kier alpha value is -0.610. The highest BCUT2D eigenvalue weighted by Gasteiger charge is 2.29. The standard InChI is InChI=1S/C5H12N2O2/c1-5(6,4(8)9)7(2)3/h6H2,1-3H3,(H,8,9)/t5-/m1/s1. The van der Waals surface area contributed by atoms with Gasteiger partial charge in [-0.2, -0.15) is 0 Å². The monoisotopic (exact) mass is 132 g/mol. The van der Waals surface area contributed by atoms with Crippen molar-refractivity contribution in [3.05, 3.63) is 0 Å². The van der Waals surface area contributed by atoms with Gasteiger partial charge in [0.05, 0.1) is 0 Å². The average molecular weight is 132 g/mol. The van der Waals surface area contributed by atoms with Gasteiger partial charge in [0.1, 0.15) is 0 Å². The molecule has 0 aliphatic heterocycles. The van der Waals surface area contributed by atoms with Crippen LogP contribution in [0.1, 0.15) is 6.92 Å². The first kappa shape index (κ1) is 8.39. The summed E-state index contributed by atoms with van der Waals surface area (Å²) in [6.45, 7) is 1.44. The van der Waals surface area contributed by atoms with E-state index in [0.29, 0.717) is 0 Å². The van der Waals surface area contributed by atoms with Gasteiger partial charge < -0.3 is 10.8 Å². The Morgan fingerprint density at radius 2 is 2.00 bits per heavy atom. The summed E-state index contributed by atoms with van der Waals surface area (Å²) in [4.78, 5) is 11.7. The number of hydrogen-bond acceptors (Lipinski definition) is 3. The molecule has 0 unspecified atom stereocenters. The molecule has 0 spiro atoms. The van der Waals surface area contributed by atoms with Crippen LogP contribution in [-0.2, 0) is 4.79 Å². The molecule has 0 saturated heterocycles. The second-order valence-corrected chi connectivity index (χ2v) is 2.35. The SMILES string of the molecule is CN(C)[C@@](C)(N)C(=O)O. The molecule has 0 aromatic carbocycles. The van der Waals surface area contributed by atoms with Gasteiger partial charge in [-0.25, -0.2) is 4.79 Å². The van der Waals surface area contributed by atoms with Gasteiger partial charge in [-0.05, 0) is 21.0 Å². The summed E-state index contributed by atoms with van der Waals surface area (Å²) in [5.41, 5.74) is 4.08. The van der Waals surface area contributed by atoms with Crippen LogP contribution in [0.15, 0.2) is 0 Å². The van der Waals surface area contributed by atoms with E-state index in [0.717, 1.165) is 0 Å². The van der Waals surface area contributed by atoms with E-state index in [9.17, 15) is 4.79 Å². The first-order chi connectivity index (χ1) is 3.89. The highest BCUT2D eigenvalue weighted by atomic mass is 16.4. The van der Waals surface area contributed by atoms with Gasteiger partial charge >= 0.3 is 5.97 Å². The van der Waals surface area contributed by atoms with E-state index in [1.54, 1.807) is 14.1 Å². The zero-order chi connectivity index (χ0) is 7.65. The summed E-state index contributed by atoms with van der Waals surface area (Å²) in [7, 11) is 3.24. The van der Waals surface area contributed by atoms with Gasteiger partial charge in [0, 0.05) is 0 Å². The van der Waals surface area contributed by atoms with Gasteiger partial charge in [0.25, 0.3) is 0 Å². The van der Waals surface area contributed by atoms with E-state index < -0.39 is 11.6 Å². The van der Waals surface area contributed by atoms with Gasteiger partial charge in [-0.15, -0.1) is 0 Å². The molecule has 0 amide bonds. The lowest BCUT2D eigenvalue weighted by molar-refractivity contribution is -0.148. The Morgan fingerprint density at radius 3 is 2.00 bits per heavy atom. The molecule has 0 aliphatic rings. The van der Waals surface area contributed by atoms with Crippen LogP contribution in [0.3, 0.4) is 0 Å². The Morgan fingerprint density at radius 1 is 1.67 bits per heavy atom. The van der Waals surface area contributed by atoms with Crippen molar-refractivity contribution >= 4 is 5.97 Å². The van der Waals surface area contributed by atoms with E-state index in [2.05, 4.69) is 0 Å². The fourth-order valence-electron chi connectivity index (χ4n) is 0.191. The second kappa shape index (κ2) is 2.33. The van der Waals surface area contributed by atoms with Gasteiger partial charge in [-0.1, -0.05) is 0 Å². The second-order valence-electron chi connectivity index (χ2n) is 2.35. The number of carboxylic acids is 1. The summed E-state index contributed by atoms with van der Waals surface area (Å²) in [5, 5.41) is 8.44. The predicted molar refractivity (Wildman–Crippen MR) is 33.9 cm³/mol. The van der Waals surface area contributed by atoms with Crippen LogP contribution in [0, 0.1) is 0 Å². The number of nitrogens with two attached hydrogens (primary N) is 1. The Bertz CT molecular complexity index is 120. The zero-order valence-corrected chi connectivity index (χ0v) is 5.88. The van der Waals surface area contributed by atoms with Crippen LogP contribution in [-0.4, -0.2) is 35.7 Å². The zero-order valence-electron chi connectivity index (χ0n) is 5.88. The van der Waals surface area contributed by atoms with Crippen LogP contribution in [0.4, 0.5) is 0 Å². The molecule has 3 N–H and O–H groups in total. The maximum absolute atomic E-state index is 10.3. The number of carboxylic acid groups (broad SMARTS) is 1. The van der Waals surface area contributed by atoms with Crippen LogP contribution in [0.2, 0.25) is 0 Å². The van der Waals surface area contributed by atoms with Crippen molar-refractivity contribution < 1.29 is 9.90 Å². The summed E-state index contributed by atoms with van der Waals surface area (Å²) >= 11 is 0. The van der Waals surface area contributed by atoms with Gasteiger partial charge in [0.15, 0.2) is 5.66 Å². The topological polar surface area (TPSA) is 66.6 Å². The Labute approximate surface area is 54.3 Å². The molecular formula is C5H12N2O2. The fraction of sp³-hybridized carbons (Fsp3) is 0.800. The lowest BCUT2D eigenvalue weighted by Gasteiger charge is -2.26. The highest BCUT2D eigenvalue weighted by molar-refractivity contribution is 5.77. The van der Waals surface area contributed by atoms with E-state index in [4.69, 9.17) is 10.8 Å². The number of likely N-dealkylation sites (N-methyl/N-ethyl adjacent to an activating group) is 1. The molecule has 0 aromatic heterocycles. The first-order valence-corrected chi connectivity index (χ1v) is 2.58. The molecule has 0 heterocycles. The predicted octanol–water partition coefficient (Wildman–Crippen LogP) is -0.692. The van der Waals surface area contributed by atoms with Crippen molar-refractivity contribution in [1.29, 1.82) is 0 Å². The van der Waals surface area contributed by atoms with Crippen molar-refractivity contribution in [2.45, 2.75) is 12.6 Å². The number of nitrogens with zero attached hydrogens (tertiary/aromatic N) is 1. The maximum Gasteiger partial charge on any atom is 0.338 e. The molecule has 4 heteroatoms. The van der Waals surface area contributed by atoms with Crippen molar-refractivity contribution in [3.8, 4) is 0 Å². The molecule has 0 fully saturated rings. The third kappa shape index (κ3) is 1.65. The first-order valence-electron chi connectivity index (χ1n) is 2.58. The molecule has 4 nitrogen and oxygen atoms in total. The van der Waals surface area contributed by atoms with E-state index in [1.165, 1.54) is 11.8 Å². The van der Waals surface area contributed by atoms with Gasteiger partial charge in [0.2, 0.25) is 0 Å². The van der Waals surface area contributed by atoms with E-state index >= 15 is 0 Å². The smallest absolute Gasteiger partial charge is 0.338 e. The minimum Gasteiger partial charge on any atom is -0.479 e. The lowest BCUT2D eigenvalue weighted by Crippen LogP contribution is -2.56. The van der Waals surface area contributed by atoms with E-state index in [-0.39, 0.29) is 0 Å². The fourth-order valence-corrected chi connectivity index (χ4v) is 0.191. The maximum atomic E-state index is 10.3. The van der Waals surface area contributed by atoms with Crippen LogP contribution in [0.5, 0.6) is 0 Å². The third-order valence-electron chi connectivity index (χ3n) is 1.36. The molecule has 0 radical (unpaired) electrons. The van der Waals surface area contributed by atoms with Crippen LogP contribution < -0.4 is 5.73 Å². The summed E-state index contributed by atoms with van der Waals surface area (Å²) in [5.74, 6) is -1.02. The number of hydrogen-bond donors (Lipinski definition) is 2. The molecule has 0 rings (SSSR count). The summed E-state index contributed by atoms with van der Waals surface area (Å²) < 4.78 is 0.